The minimum Gasteiger partial charge on any atom is -0.444 e. The number of aromatic nitrogens is 1. The summed E-state index contributed by atoms with van der Waals surface area (Å²) in [6.45, 7) is 0. The van der Waals surface area contributed by atoms with Crippen LogP contribution in [0.1, 0.15) is 12.1 Å². The Kier molecular flexibility index (Phi) is 6.01. The Balaban J connectivity index is 1.42. The molecule has 0 saturated heterocycles. The number of carbonyl (C=O) groups excluding carboxylic acids is 1. The second-order valence-electron chi connectivity index (χ2n) is 5.49. The Morgan fingerprint density at radius 1 is 1.12 bits per heavy atom. The molecule has 7 heteroatoms. The molecule has 0 radical (unpaired) electrons. The van der Waals surface area contributed by atoms with E-state index < -0.39 is 11.6 Å². The van der Waals surface area contributed by atoms with Gasteiger partial charge in [-0.05, 0) is 24.3 Å². The first-order chi connectivity index (χ1) is 12.6. The standard InChI is InChI=1S/C19H16F2N2O2S/c20-16-7-6-14(10-17(16)21)22-18(24)8-9-26-12-15-11-25-19(23-15)13-4-2-1-3-5-13/h1-7,10-11H,8-9,12H2,(H,22,24). The van der Waals surface area contributed by atoms with Crippen molar-refractivity contribution in [1.82, 2.24) is 4.98 Å². The summed E-state index contributed by atoms with van der Waals surface area (Å²) in [4.78, 5) is 16.3. The second-order valence-corrected chi connectivity index (χ2v) is 6.59. The SMILES string of the molecule is O=C(CCSCc1coc(-c2ccccc2)n1)Nc1ccc(F)c(F)c1. The van der Waals surface area contributed by atoms with E-state index in [1.54, 1.807) is 18.0 Å². The molecule has 2 aromatic carbocycles. The van der Waals surface area contributed by atoms with Gasteiger partial charge in [0.1, 0.15) is 6.26 Å². The molecule has 26 heavy (non-hydrogen) atoms. The van der Waals surface area contributed by atoms with Crippen LogP contribution in [0.15, 0.2) is 59.2 Å². The van der Waals surface area contributed by atoms with Crippen LogP contribution in [-0.2, 0) is 10.5 Å². The fourth-order valence-corrected chi connectivity index (χ4v) is 3.04. The monoisotopic (exact) mass is 374 g/mol. The number of carbonyl (C=O) groups is 1. The van der Waals surface area contributed by atoms with Gasteiger partial charge in [0.05, 0.1) is 5.69 Å². The number of thioether (sulfide) groups is 1. The lowest BCUT2D eigenvalue weighted by atomic mass is 10.2. The number of halogens is 2. The van der Waals surface area contributed by atoms with Gasteiger partial charge in [-0.15, -0.1) is 0 Å². The van der Waals surface area contributed by atoms with E-state index in [2.05, 4.69) is 10.3 Å². The van der Waals surface area contributed by atoms with Crippen molar-refractivity contribution in [1.29, 1.82) is 0 Å². The minimum atomic E-state index is -0.988. The molecule has 0 unspecified atom stereocenters. The number of benzene rings is 2. The van der Waals surface area contributed by atoms with Crippen LogP contribution in [0.2, 0.25) is 0 Å². The fraction of sp³-hybridized carbons (Fsp3) is 0.158. The summed E-state index contributed by atoms with van der Waals surface area (Å²) in [5.41, 5.74) is 1.95. The highest BCUT2D eigenvalue weighted by atomic mass is 32.2. The molecule has 3 rings (SSSR count). The first kappa shape index (κ1) is 18.1. The molecule has 0 spiro atoms. The summed E-state index contributed by atoms with van der Waals surface area (Å²) < 4.78 is 31.4. The number of nitrogens with zero attached hydrogens (tertiary/aromatic N) is 1. The van der Waals surface area contributed by atoms with Crippen molar-refractivity contribution in [2.45, 2.75) is 12.2 Å². The highest BCUT2D eigenvalue weighted by Gasteiger charge is 2.08. The molecule has 1 heterocycles. The van der Waals surface area contributed by atoms with Crippen LogP contribution in [0.3, 0.4) is 0 Å². The number of rotatable bonds is 7. The number of oxazole rings is 1. The van der Waals surface area contributed by atoms with Gasteiger partial charge in [-0.3, -0.25) is 4.79 Å². The van der Waals surface area contributed by atoms with Gasteiger partial charge in [-0.2, -0.15) is 11.8 Å². The van der Waals surface area contributed by atoms with Crippen LogP contribution in [-0.4, -0.2) is 16.6 Å². The molecule has 0 bridgehead atoms. The predicted octanol–water partition coefficient (Wildman–Crippen LogP) is 4.88. The zero-order valence-electron chi connectivity index (χ0n) is 13.7. The normalized spacial score (nSPS) is 10.7. The van der Waals surface area contributed by atoms with E-state index in [0.717, 1.165) is 23.4 Å². The van der Waals surface area contributed by atoms with Crippen molar-refractivity contribution in [2.24, 2.45) is 0 Å². The maximum absolute atomic E-state index is 13.1. The average molecular weight is 374 g/mol. The molecule has 0 aliphatic heterocycles. The van der Waals surface area contributed by atoms with Gasteiger partial charge in [0.2, 0.25) is 11.8 Å². The quantitative estimate of drug-likeness (QED) is 0.599. The molecular weight excluding hydrogens is 358 g/mol. The predicted molar refractivity (Wildman–Crippen MR) is 97.7 cm³/mol. The maximum atomic E-state index is 13.1. The molecule has 3 aromatic rings. The summed E-state index contributed by atoms with van der Waals surface area (Å²) in [5, 5.41) is 2.54. The Morgan fingerprint density at radius 3 is 2.69 bits per heavy atom. The second kappa shape index (κ2) is 8.62. The number of hydrogen-bond acceptors (Lipinski definition) is 4. The van der Waals surface area contributed by atoms with E-state index >= 15 is 0 Å². The topological polar surface area (TPSA) is 55.1 Å². The van der Waals surface area contributed by atoms with Crippen molar-refractivity contribution in [3.8, 4) is 11.5 Å². The van der Waals surface area contributed by atoms with Gasteiger partial charge in [0, 0.05) is 35.2 Å². The van der Waals surface area contributed by atoms with Crippen molar-refractivity contribution >= 4 is 23.4 Å². The largest absolute Gasteiger partial charge is 0.444 e. The van der Waals surface area contributed by atoms with Crippen molar-refractivity contribution in [3.05, 3.63) is 72.1 Å². The molecule has 0 atom stereocenters. The molecule has 1 amide bonds. The molecule has 0 saturated carbocycles. The van der Waals surface area contributed by atoms with Crippen molar-refractivity contribution < 1.29 is 18.0 Å². The van der Waals surface area contributed by atoms with Crippen LogP contribution in [0.4, 0.5) is 14.5 Å². The highest BCUT2D eigenvalue weighted by Crippen LogP contribution is 2.21. The zero-order chi connectivity index (χ0) is 18.4. The van der Waals surface area contributed by atoms with Gasteiger partial charge >= 0.3 is 0 Å². The third kappa shape index (κ3) is 4.92. The fourth-order valence-electron chi connectivity index (χ4n) is 2.23. The lowest BCUT2D eigenvalue weighted by Crippen LogP contribution is -2.12. The average Bonchev–Trinajstić information content (AvgIpc) is 3.12. The van der Waals surface area contributed by atoms with E-state index in [9.17, 15) is 13.6 Å². The Hall–Kier alpha value is -2.67. The van der Waals surface area contributed by atoms with Crippen LogP contribution in [0.5, 0.6) is 0 Å². The first-order valence-electron chi connectivity index (χ1n) is 7.94. The van der Waals surface area contributed by atoms with E-state index in [1.807, 2.05) is 30.3 Å². The maximum Gasteiger partial charge on any atom is 0.226 e. The van der Waals surface area contributed by atoms with E-state index in [-0.39, 0.29) is 18.0 Å². The smallest absolute Gasteiger partial charge is 0.226 e. The summed E-state index contributed by atoms with van der Waals surface area (Å²) >= 11 is 1.54. The number of amides is 1. The summed E-state index contributed by atoms with van der Waals surface area (Å²) in [6.07, 6.45) is 1.86. The van der Waals surface area contributed by atoms with Crippen LogP contribution >= 0.6 is 11.8 Å². The molecule has 0 aliphatic rings. The van der Waals surface area contributed by atoms with Crippen LogP contribution in [0.25, 0.3) is 11.5 Å². The summed E-state index contributed by atoms with van der Waals surface area (Å²) in [7, 11) is 0. The number of anilines is 1. The van der Waals surface area contributed by atoms with E-state index in [4.69, 9.17) is 4.42 Å². The van der Waals surface area contributed by atoms with Crippen molar-refractivity contribution in [2.75, 3.05) is 11.1 Å². The molecule has 1 aromatic heterocycles. The molecular formula is C19H16F2N2O2S. The van der Waals surface area contributed by atoms with Crippen LogP contribution < -0.4 is 5.32 Å². The molecule has 0 fully saturated rings. The minimum absolute atomic E-state index is 0.239. The van der Waals surface area contributed by atoms with Crippen LogP contribution in [0, 0.1) is 11.6 Å². The summed E-state index contributed by atoms with van der Waals surface area (Å²) in [6, 6.07) is 12.9. The van der Waals surface area contributed by atoms with Gasteiger partial charge in [-0.1, -0.05) is 18.2 Å². The first-order valence-corrected chi connectivity index (χ1v) is 9.10. The van der Waals surface area contributed by atoms with Gasteiger partial charge < -0.3 is 9.73 Å². The zero-order valence-corrected chi connectivity index (χ0v) is 14.6. The number of nitrogens with one attached hydrogen (secondary N) is 1. The lowest BCUT2D eigenvalue weighted by molar-refractivity contribution is -0.115. The number of hydrogen-bond donors (Lipinski definition) is 1. The third-order valence-electron chi connectivity index (χ3n) is 3.50. The molecule has 134 valence electrons. The Labute approximate surface area is 153 Å². The molecule has 1 N–H and O–H groups in total. The molecule has 4 nitrogen and oxygen atoms in total. The van der Waals surface area contributed by atoms with Gasteiger partial charge in [-0.25, -0.2) is 13.8 Å². The Bertz CT molecular complexity index is 884. The van der Waals surface area contributed by atoms with E-state index in [1.165, 1.54) is 6.07 Å². The molecule has 0 aliphatic carbocycles. The Morgan fingerprint density at radius 2 is 1.92 bits per heavy atom. The van der Waals surface area contributed by atoms with Crippen molar-refractivity contribution in [3.63, 3.8) is 0 Å². The van der Waals surface area contributed by atoms with E-state index in [0.29, 0.717) is 17.4 Å². The summed E-state index contributed by atoms with van der Waals surface area (Å²) in [5.74, 6) is -0.429. The van der Waals surface area contributed by atoms with Gasteiger partial charge in [0.25, 0.3) is 0 Å². The highest BCUT2D eigenvalue weighted by molar-refractivity contribution is 7.98. The lowest BCUT2D eigenvalue weighted by Gasteiger charge is -2.05. The third-order valence-corrected chi connectivity index (χ3v) is 4.49. The van der Waals surface area contributed by atoms with Gasteiger partial charge in [0.15, 0.2) is 11.6 Å².